The molecule has 1 aromatic heterocycles. The Labute approximate surface area is 163 Å². The Morgan fingerprint density at radius 3 is 2.54 bits per heavy atom. The Morgan fingerprint density at radius 2 is 1.96 bits per heavy atom. The van der Waals surface area contributed by atoms with E-state index in [1.54, 1.807) is 6.07 Å². The highest BCUT2D eigenvalue weighted by Gasteiger charge is 2.32. The van der Waals surface area contributed by atoms with E-state index in [0.29, 0.717) is 11.1 Å². The number of aromatic nitrogens is 2. The van der Waals surface area contributed by atoms with Gasteiger partial charge in [-0.25, -0.2) is 9.97 Å². The number of halogens is 4. The Bertz CT molecular complexity index is 858. The van der Waals surface area contributed by atoms with E-state index in [-0.39, 0.29) is 36.0 Å². The van der Waals surface area contributed by atoms with Crippen LogP contribution in [0.5, 0.6) is 5.75 Å². The van der Waals surface area contributed by atoms with Crippen LogP contribution in [0.15, 0.2) is 36.8 Å². The summed E-state index contributed by atoms with van der Waals surface area (Å²) >= 11 is 5.72. The molecule has 7 nitrogen and oxygen atoms in total. The van der Waals surface area contributed by atoms with Gasteiger partial charge in [0.25, 0.3) is 5.91 Å². The van der Waals surface area contributed by atoms with E-state index in [2.05, 4.69) is 20.0 Å². The number of nitrogens with zero attached hydrogens (tertiary/aromatic N) is 2. The minimum atomic E-state index is -4.85. The Balaban J connectivity index is 2.14. The van der Waals surface area contributed by atoms with Gasteiger partial charge in [0.15, 0.2) is 5.82 Å². The number of hydrogen-bond donors (Lipinski definition) is 3. The zero-order valence-electron chi connectivity index (χ0n) is 14.3. The summed E-state index contributed by atoms with van der Waals surface area (Å²) in [6, 6.07) is 4.03. The summed E-state index contributed by atoms with van der Waals surface area (Å²) in [5, 5.41) is 11.0. The highest BCUT2D eigenvalue weighted by molar-refractivity contribution is 6.32. The number of rotatable bonds is 7. The van der Waals surface area contributed by atoms with Gasteiger partial charge in [-0.15, -0.1) is 13.2 Å². The molecule has 150 valence electrons. The highest BCUT2D eigenvalue weighted by atomic mass is 35.5. The highest BCUT2D eigenvalue weighted by Crippen LogP contribution is 2.31. The first-order valence-corrected chi connectivity index (χ1v) is 8.27. The molecule has 28 heavy (non-hydrogen) atoms. The fourth-order valence-electron chi connectivity index (χ4n) is 2.20. The molecule has 11 heteroatoms. The molecule has 2 aromatic rings. The standard InChI is InChI=1S/C17H16ClF3N4O3/c18-13-2-1-10(6-14(13)28-17(19,20)21)5-11-8-24-15(25-9-11)12(7-22)16(27)23-3-4-26/h1-2,6-9,26H,3-5,22H2,(H,23,27)/b12-7+. The van der Waals surface area contributed by atoms with Gasteiger partial charge in [-0.2, -0.15) is 0 Å². The summed E-state index contributed by atoms with van der Waals surface area (Å²) in [6.45, 7) is -0.183. The molecule has 0 atom stereocenters. The van der Waals surface area contributed by atoms with Crippen LogP contribution in [-0.4, -0.2) is 40.5 Å². The van der Waals surface area contributed by atoms with Crippen molar-refractivity contribution in [3.05, 3.63) is 58.8 Å². The van der Waals surface area contributed by atoms with Gasteiger partial charge in [0.05, 0.1) is 17.2 Å². The fourth-order valence-corrected chi connectivity index (χ4v) is 2.35. The molecule has 0 saturated heterocycles. The van der Waals surface area contributed by atoms with Gasteiger partial charge in [-0.05, 0) is 23.3 Å². The summed E-state index contributed by atoms with van der Waals surface area (Å²) in [7, 11) is 0. The Hall–Kier alpha value is -2.85. The second-order valence-electron chi connectivity index (χ2n) is 5.46. The number of nitrogens with two attached hydrogens (primary N) is 1. The van der Waals surface area contributed by atoms with Gasteiger partial charge in [0.2, 0.25) is 0 Å². The SMILES string of the molecule is N/C=C(/C(=O)NCCO)c1ncc(Cc2ccc(Cl)c(OC(F)(F)F)c2)cn1. The summed E-state index contributed by atoms with van der Waals surface area (Å²) in [5.74, 6) is -0.979. The minimum Gasteiger partial charge on any atom is -0.404 e. The van der Waals surface area contributed by atoms with Crippen LogP contribution in [0.3, 0.4) is 0 Å². The lowest BCUT2D eigenvalue weighted by Gasteiger charge is -2.12. The lowest BCUT2D eigenvalue weighted by atomic mass is 10.1. The van der Waals surface area contributed by atoms with E-state index in [1.165, 1.54) is 24.5 Å². The molecule has 0 saturated carbocycles. The third-order valence-electron chi connectivity index (χ3n) is 3.38. The maximum Gasteiger partial charge on any atom is 0.573 e. The van der Waals surface area contributed by atoms with E-state index < -0.39 is 18.0 Å². The molecular weight excluding hydrogens is 401 g/mol. The molecular formula is C17H16ClF3N4O3. The first-order valence-electron chi connectivity index (χ1n) is 7.90. The van der Waals surface area contributed by atoms with Crippen molar-refractivity contribution >= 4 is 23.1 Å². The molecule has 1 aromatic carbocycles. The monoisotopic (exact) mass is 416 g/mol. The van der Waals surface area contributed by atoms with Crippen molar-refractivity contribution < 1.29 is 27.8 Å². The normalized spacial score (nSPS) is 12.0. The van der Waals surface area contributed by atoms with Crippen LogP contribution in [0.2, 0.25) is 5.02 Å². The van der Waals surface area contributed by atoms with Crippen LogP contribution in [0.4, 0.5) is 13.2 Å². The second kappa shape index (κ2) is 9.38. The minimum absolute atomic E-state index is 0.0207. The van der Waals surface area contributed by atoms with Crippen molar-refractivity contribution in [2.75, 3.05) is 13.2 Å². The molecule has 0 bridgehead atoms. The fraction of sp³-hybridized carbons (Fsp3) is 0.235. The van der Waals surface area contributed by atoms with E-state index in [0.717, 1.165) is 6.20 Å². The third-order valence-corrected chi connectivity index (χ3v) is 3.70. The molecule has 0 unspecified atom stereocenters. The lowest BCUT2D eigenvalue weighted by Crippen LogP contribution is -2.28. The number of alkyl halides is 3. The number of ether oxygens (including phenoxy) is 1. The number of hydrogen-bond acceptors (Lipinski definition) is 6. The number of aliphatic hydroxyl groups is 1. The largest absolute Gasteiger partial charge is 0.573 e. The average Bonchev–Trinajstić information content (AvgIpc) is 2.63. The van der Waals surface area contributed by atoms with Crippen LogP contribution in [0, 0.1) is 0 Å². The maximum absolute atomic E-state index is 12.4. The van der Waals surface area contributed by atoms with Crippen LogP contribution in [0.25, 0.3) is 5.57 Å². The van der Waals surface area contributed by atoms with Gasteiger partial charge in [0, 0.05) is 31.6 Å². The van der Waals surface area contributed by atoms with E-state index in [9.17, 15) is 18.0 Å². The first-order chi connectivity index (χ1) is 13.2. The maximum atomic E-state index is 12.4. The summed E-state index contributed by atoms with van der Waals surface area (Å²) < 4.78 is 41.1. The molecule has 0 aliphatic rings. The second-order valence-corrected chi connectivity index (χ2v) is 5.87. The number of benzene rings is 1. The molecule has 1 amide bonds. The quantitative estimate of drug-likeness (QED) is 0.596. The van der Waals surface area contributed by atoms with Crippen molar-refractivity contribution in [3.8, 4) is 5.75 Å². The van der Waals surface area contributed by atoms with E-state index >= 15 is 0 Å². The van der Waals surface area contributed by atoms with Crippen molar-refractivity contribution in [1.29, 1.82) is 0 Å². The van der Waals surface area contributed by atoms with Crippen LogP contribution in [-0.2, 0) is 11.2 Å². The molecule has 0 spiro atoms. The summed E-state index contributed by atoms with van der Waals surface area (Å²) in [6.07, 6.45) is -0.756. The van der Waals surface area contributed by atoms with Gasteiger partial charge in [0.1, 0.15) is 5.75 Å². The summed E-state index contributed by atoms with van der Waals surface area (Å²) in [5.41, 5.74) is 6.53. The predicted molar refractivity (Wildman–Crippen MR) is 95.2 cm³/mol. The molecule has 0 aliphatic heterocycles. The van der Waals surface area contributed by atoms with Crippen molar-refractivity contribution in [3.63, 3.8) is 0 Å². The topological polar surface area (TPSA) is 110 Å². The van der Waals surface area contributed by atoms with Gasteiger partial charge in [-0.1, -0.05) is 17.7 Å². The first kappa shape index (κ1) is 21.5. The van der Waals surface area contributed by atoms with E-state index in [1.807, 2.05) is 0 Å². The summed E-state index contributed by atoms with van der Waals surface area (Å²) in [4.78, 5) is 20.0. The Morgan fingerprint density at radius 1 is 1.29 bits per heavy atom. The van der Waals surface area contributed by atoms with Gasteiger partial charge in [-0.3, -0.25) is 4.79 Å². The average molecular weight is 417 g/mol. The van der Waals surface area contributed by atoms with Crippen LogP contribution in [0.1, 0.15) is 17.0 Å². The van der Waals surface area contributed by atoms with Crippen molar-refractivity contribution in [1.82, 2.24) is 15.3 Å². The number of amides is 1. The van der Waals surface area contributed by atoms with E-state index in [4.69, 9.17) is 22.4 Å². The molecule has 0 radical (unpaired) electrons. The number of carbonyl (C=O) groups excluding carboxylic acids is 1. The smallest absolute Gasteiger partial charge is 0.404 e. The number of nitrogens with one attached hydrogen (secondary N) is 1. The van der Waals surface area contributed by atoms with Crippen molar-refractivity contribution in [2.24, 2.45) is 5.73 Å². The van der Waals surface area contributed by atoms with Gasteiger partial charge >= 0.3 is 6.36 Å². The molecule has 0 aliphatic carbocycles. The Kier molecular flexibility index (Phi) is 7.18. The lowest BCUT2D eigenvalue weighted by molar-refractivity contribution is -0.274. The number of carbonyl (C=O) groups is 1. The van der Waals surface area contributed by atoms with Crippen LogP contribution < -0.4 is 15.8 Å². The predicted octanol–water partition coefficient (Wildman–Crippen LogP) is 2.03. The van der Waals surface area contributed by atoms with Gasteiger partial charge < -0.3 is 20.9 Å². The van der Waals surface area contributed by atoms with Crippen molar-refractivity contribution in [2.45, 2.75) is 12.8 Å². The zero-order valence-corrected chi connectivity index (χ0v) is 15.1. The zero-order chi connectivity index (χ0) is 20.7. The number of aliphatic hydroxyl groups excluding tert-OH is 1. The third kappa shape index (κ3) is 6.10. The molecule has 1 heterocycles. The molecule has 0 fully saturated rings. The van der Waals surface area contributed by atoms with Crippen LogP contribution >= 0.6 is 11.6 Å². The molecule has 2 rings (SSSR count). The molecule has 4 N–H and O–H groups in total.